The highest BCUT2D eigenvalue weighted by Gasteiger charge is 2.49. The van der Waals surface area contributed by atoms with Crippen LogP contribution in [0.1, 0.15) is 232 Å². The summed E-state index contributed by atoms with van der Waals surface area (Å²) in [7, 11) is 0. The van der Waals surface area contributed by atoms with Crippen molar-refractivity contribution in [3.05, 3.63) is 121 Å². The molecule has 0 N–H and O–H groups in total. The van der Waals surface area contributed by atoms with E-state index in [0.717, 1.165) is 42.3 Å². The second-order valence-electron chi connectivity index (χ2n) is 21.7. The molecule has 69 heavy (non-hydrogen) atoms. The third-order valence-electron chi connectivity index (χ3n) is 17.5. The van der Waals surface area contributed by atoms with E-state index in [2.05, 4.69) is 147 Å². The summed E-state index contributed by atoms with van der Waals surface area (Å²) in [6.07, 6.45) is 44.9. The van der Waals surface area contributed by atoms with Crippen molar-refractivity contribution in [2.75, 3.05) is 5.75 Å². The maximum absolute atomic E-state index is 5.52. The Morgan fingerprint density at radius 1 is 0.710 bits per heavy atom. The first kappa shape index (κ1) is 55.8. The van der Waals surface area contributed by atoms with E-state index in [-0.39, 0.29) is 16.7 Å². The summed E-state index contributed by atoms with van der Waals surface area (Å²) >= 11 is 5.73. The molecule has 6 aliphatic rings. The lowest BCUT2D eigenvalue weighted by Crippen LogP contribution is -2.35. The first-order chi connectivity index (χ1) is 33.7. The molecule has 1 aromatic rings. The molecule has 0 amide bonds. The first-order valence-electron chi connectivity index (χ1n) is 28.7. The molecule has 1 nitrogen and oxygen atoms in total. The second-order valence-corrected chi connectivity index (χ2v) is 24.7. The van der Waals surface area contributed by atoms with E-state index in [9.17, 15) is 0 Å². The van der Waals surface area contributed by atoms with Crippen molar-refractivity contribution >= 4 is 51.2 Å². The Hall–Kier alpha value is -2.49. The zero-order valence-electron chi connectivity index (χ0n) is 45.6. The Morgan fingerprint density at radius 3 is 1.81 bits per heavy atom. The van der Waals surface area contributed by atoms with Crippen LogP contribution in [0.2, 0.25) is 0 Å². The van der Waals surface area contributed by atoms with Crippen LogP contribution in [0.3, 0.4) is 0 Å². The van der Waals surface area contributed by atoms with Gasteiger partial charge in [0.1, 0.15) is 0 Å². The number of hydrogen-bond donors (Lipinski definition) is 0. The van der Waals surface area contributed by atoms with E-state index in [1.807, 2.05) is 11.8 Å². The van der Waals surface area contributed by atoms with Gasteiger partial charge in [0.25, 0.3) is 0 Å². The van der Waals surface area contributed by atoms with Crippen LogP contribution in [-0.4, -0.2) is 11.5 Å². The predicted octanol–water partition coefficient (Wildman–Crippen LogP) is 21.7. The molecule has 0 fully saturated rings. The highest BCUT2D eigenvalue weighted by Crippen LogP contribution is 2.62. The summed E-state index contributed by atoms with van der Waals surface area (Å²) in [6, 6.07) is 2.71. The maximum atomic E-state index is 5.52. The van der Waals surface area contributed by atoms with Crippen LogP contribution < -0.4 is 0 Å². The van der Waals surface area contributed by atoms with Crippen LogP contribution in [0.25, 0.3) is 10.5 Å². The fourth-order valence-electron chi connectivity index (χ4n) is 13.4. The van der Waals surface area contributed by atoms with Gasteiger partial charge >= 0.3 is 0 Å². The van der Waals surface area contributed by atoms with Crippen molar-refractivity contribution in [2.45, 2.75) is 222 Å². The smallest absolute Gasteiger partial charge is 0.0713 e. The molecule has 2 bridgehead atoms. The zero-order valence-corrected chi connectivity index (χ0v) is 48.0. The molecule has 0 radical (unpaired) electrons. The molecule has 378 valence electrons. The minimum Gasteiger partial charge on any atom is -0.220 e. The molecule has 2 heterocycles. The fraction of sp³-hybridized carbons (Fsp3) is 0.631. The molecule has 0 spiro atoms. The Morgan fingerprint density at radius 2 is 1.28 bits per heavy atom. The quantitative estimate of drug-likeness (QED) is 0.0471. The average Bonchev–Trinajstić information content (AvgIpc) is 4.12. The van der Waals surface area contributed by atoms with Gasteiger partial charge in [0.15, 0.2) is 0 Å². The number of unbranched alkanes of at least 4 members (excludes halogenated alkanes) is 4. The molecule has 5 unspecified atom stereocenters. The van der Waals surface area contributed by atoms with Crippen molar-refractivity contribution in [2.24, 2.45) is 39.4 Å². The van der Waals surface area contributed by atoms with Gasteiger partial charge in [0, 0.05) is 38.5 Å². The number of nitrogens with zero attached hydrogens (tertiary/aromatic N) is 1. The minimum absolute atomic E-state index is 0.0125. The van der Waals surface area contributed by atoms with Gasteiger partial charge in [-0.3, -0.25) is 0 Å². The molecule has 0 saturated carbocycles. The Labute approximate surface area is 437 Å². The summed E-state index contributed by atoms with van der Waals surface area (Å²) in [6.45, 7) is 30.1. The van der Waals surface area contributed by atoms with Crippen molar-refractivity contribution in [1.29, 1.82) is 0 Å². The Balaban J connectivity index is 0.00000386. The van der Waals surface area contributed by atoms with Gasteiger partial charge in [-0.15, -0.1) is 24.5 Å². The highest BCUT2D eigenvalue weighted by molar-refractivity contribution is 8.11. The van der Waals surface area contributed by atoms with E-state index in [1.165, 1.54) is 172 Å². The molecule has 4 heteroatoms. The SMILES string of the molecule is C=C.CCCCC(CC)CC1(CC(CC)CCCC)C2=C(CC=C2)C2=C1C=C(C1=CC=C(c3cc4c(s3)C3=C=C(C=CS3)C4(CC(CC)CCCC)CC(CC)CCCC)C(C)/C1=N\SCC)CC2. The Kier molecular flexibility index (Phi) is 21.8. The number of fused-ring (bicyclic) bond motifs is 3. The number of rotatable bonds is 28. The lowest BCUT2D eigenvalue weighted by Gasteiger charge is -2.43. The summed E-state index contributed by atoms with van der Waals surface area (Å²) < 4.78 is 5.52. The molecule has 0 aromatic carbocycles. The van der Waals surface area contributed by atoms with E-state index in [4.69, 9.17) is 4.40 Å². The van der Waals surface area contributed by atoms with Crippen LogP contribution >= 0.6 is 35.0 Å². The van der Waals surface area contributed by atoms with Crippen molar-refractivity contribution < 1.29 is 0 Å². The average molecular weight is 987 g/mol. The van der Waals surface area contributed by atoms with Gasteiger partial charge in [-0.1, -0.05) is 220 Å². The Bertz CT molecular complexity index is 2180. The van der Waals surface area contributed by atoms with E-state index >= 15 is 0 Å². The van der Waals surface area contributed by atoms with Crippen molar-refractivity contribution in [1.82, 2.24) is 0 Å². The molecular formula is C65H95NS3. The number of thioether (sulfide) groups is 1. The van der Waals surface area contributed by atoms with Gasteiger partial charge in [-0.05, 0) is 137 Å². The molecule has 1 aliphatic heterocycles. The summed E-state index contributed by atoms with van der Waals surface area (Å²) in [4.78, 5) is 4.31. The fourth-order valence-corrected chi connectivity index (χ4v) is 16.2. The summed E-state index contributed by atoms with van der Waals surface area (Å²) in [5.74, 6) is 4.18. The van der Waals surface area contributed by atoms with E-state index < -0.39 is 0 Å². The summed E-state index contributed by atoms with van der Waals surface area (Å²) in [5, 5.41) is 2.39. The summed E-state index contributed by atoms with van der Waals surface area (Å²) in [5.41, 5.74) is 19.9. The highest BCUT2D eigenvalue weighted by atomic mass is 32.2. The van der Waals surface area contributed by atoms with Gasteiger partial charge in [-0.25, -0.2) is 4.40 Å². The molecule has 7 rings (SSSR count). The maximum Gasteiger partial charge on any atom is 0.0713 e. The first-order valence-corrected chi connectivity index (χ1v) is 31.3. The molecule has 0 saturated heterocycles. The van der Waals surface area contributed by atoms with Crippen molar-refractivity contribution in [3.63, 3.8) is 0 Å². The van der Waals surface area contributed by atoms with E-state index in [1.54, 1.807) is 45.4 Å². The third kappa shape index (κ3) is 12.1. The van der Waals surface area contributed by atoms with Gasteiger partial charge in [-0.2, -0.15) is 0 Å². The lowest BCUT2D eigenvalue weighted by atomic mass is 9.61. The standard InChI is InChI=1S/C63H91NS3.C2H4/c1-11-20-25-45(15-5)40-62(41-46(16-6)26-21-12-2)50-35-36-65-59(38-50)61-57(62)39-58(67-61)51-33-34-52(60(44(51)10)64-66-19-9)49-31-32-54-53-29-24-30-55(53)63(56(54)37-49,42-47(17-7)27-22-13-3)43-48(18-8)28-23-14-4;1-2/h24,30,33-37,39,44-48H,11-23,25-29,31-32,40-43H2,1-10H3;1-2H2/b64-60+;. The zero-order chi connectivity index (χ0) is 49.6. The third-order valence-corrected chi connectivity index (χ3v) is 20.2. The van der Waals surface area contributed by atoms with E-state index in [0.29, 0.717) is 0 Å². The molecule has 5 atom stereocenters. The monoisotopic (exact) mass is 986 g/mol. The normalized spacial score (nSPS) is 24.7. The minimum atomic E-state index is 0.0125. The number of thiophene rings is 1. The van der Waals surface area contributed by atoms with Gasteiger partial charge in [0.05, 0.1) is 15.5 Å². The molecule has 1 aromatic heterocycles. The number of allylic oxidation sites excluding steroid dienone is 14. The van der Waals surface area contributed by atoms with Crippen LogP contribution in [0, 0.1) is 35.0 Å². The topological polar surface area (TPSA) is 12.4 Å². The van der Waals surface area contributed by atoms with Crippen LogP contribution in [0.5, 0.6) is 0 Å². The molecule has 5 aliphatic carbocycles. The molecular weight excluding hydrogens is 891 g/mol. The van der Waals surface area contributed by atoms with Gasteiger partial charge in [0.2, 0.25) is 0 Å². The number of hydrogen-bond acceptors (Lipinski definition) is 4. The lowest BCUT2D eigenvalue weighted by molar-refractivity contribution is 0.231. The predicted molar refractivity (Wildman–Crippen MR) is 314 cm³/mol. The van der Waals surface area contributed by atoms with Crippen LogP contribution in [0.15, 0.2) is 110 Å². The van der Waals surface area contributed by atoms with Crippen LogP contribution in [0.4, 0.5) is 0 Å². The van der Waals surface area contributed by atoms with Gasteiger partial charge < -0.3 is 0 Å². The second kappa shape index (κ2) is 27.0. The van der Waals surface area contributed by atoms with Crippen molar-refractivity contribution in [3.8, 4) is 0 Å². The van der Waals surface area contributed by atoms with Crippen LogP contribution in [-0.2, 0) is 5.41 Å². The largest absolute Gasteiger partial charge is 0.220 e.